The Hall–Kier alpha value is -4.17. The van der Waals surface area contributed by atoms with Crippen molar-refractivity contribution >= 4 is 11.8 Å². The number of aryl methyl sites for hydroxylation is 2. The average Bonchev–Trinajstić information content (AvgIpc) is 2.97. The maximum atomic E-state index is 4.15. The normalized spacial score (nSPS) is 15.5. The maximum Gasteiger partial charge on any atom is 0.0397 e. The van der Waals surface area contributed by atoms with Crippen molar-refractivity contribution in [1.82, 2.24) is 5.32 Å². The molecule has 2 nitrogen and oxygen atoms in total. The Labute approximate surface area is 256 Å². The monoisotopic (exact) mass is 558 g/mol. The van der Waals surface area contributed by atoms with E-state index in [4.69, 9.17) is 0 Å². The molecule has 0 aliphatic heterocycles. The van der Waals surface area contributed by atoms with Crippen molar-refractivity contribution in [2.75, 3.05) is 7.05 Å². The topological polar surface area (TPSA) is 24.4 Å². The first kappa shape index (κ1) is 34.0. The second-order valence-corrected chi connectivity index (χ2v) is 10.9. The fraction of sp³-hybridized carbons (Fsp3) is 0.275. The van der Waals surface area contributed by atoms with Crippen molar-refractivity contribution in [3.63, 3.8) is 0 Å². The molecule has 0 unspecified atom stereocenters. The van der Waals surface area contributed by atoms with Gasteiger partial charge in [0, 0.05) is 25.5 Å². The zero-order chi connectivity index (χ0) is 31.1. The van der Waals surface area contributed by atoms with Crippen LogP contribution in [0.5, 0.6) is 0 Å². The summed E-state index contributed by atoms with van der Waals surface area (Å²) in [6.45, 7) is 25.3. The summed E-state index contributed by atoms with van der Waals surface area (Å²) >= 11 is 0. The van der Waals surface area contributed by atoms with Crippen molar-refractivity contribution in [1.29, 1.82) is 0 Å². The average molecular weight is 559 g/mol. The molecule has 0 heterocycles. The van der Waals surface area contributed by atoms with Gasteiger partial charge in [0.25, 0.3) is 0 Å². The number of allylic oxidation sites excluding steroid dienone is 13. The van der Waals surface area contributed by atoms with E-state index in [0.29, 0.717) is 0 Å². The van der Waals surface area contributed by atoms with Crippen LogP contribution in [-0.4, -0.2) is 13.3 Å². The lowest BCUT2D eigenvalue weighted by atomic mass is 9.90. The third-order valence-corrected chi connectivity index (χ3v) is 7.35. The molecule has 3 rings (SSSR count). The highest BCUT2D eigenvalue weighted by molar-refractivity contribution is 5.83. The van der Waals surface area contributed by atoms with Crippen LogP contribution in [0, 0.1) is 6.92 Å². The zero-order valence-electron chi connectivity index (χ0n) is 27.0. The molecule has 1 aliphatic carbocycles. The van der Waals surface area contributed by atoms with Crippen LogP contribution in [-0.2, 0) is 13.0 Å². The molecule has 1 N–H and O–H groups in total. The summed E-state index contributed by atoms with van der Waals surface area (Å²) in [5, 5.41) is 3.58. The summed E-state index contributed by atoms with van der Waals surface area (Å²) in [4.78, 5) is 4.15. The van der Waals surface area contributed by atoms with Gasteiger partial charge in [-0.2, -0.15) is 0 Å². The lowest BCUT2D eigenvalue weighted by Crippen LogP contribution is -2.11. The van der Waals surface area contributed by atoms with Crippen LogP contribution < -0.4 is 5.32 Å². The number of hydrogen-bond donors (Lipinski definition) is 1. The molecular formula is C40H50N2. The fourth-order valence-corrected chi connectivity index (χ4v) is 4.73. The van der Waals surface area contributed by atoms with Gasteiger partial charge < -0.3 is 5.32 Å². The molecule has 0 saturated heterocycles. The number of benzene rings is 2. The number of rotatable bonds is 10. The Bertz CT molecular complexity index is 1450. The van der Waals surface area contributed by atoms with E-state index < -0.39 is 0 Å². The van der Waals surface area contributed by atoms with Gasteiger partial charge in [0.15, 0.2) is 0 Å². The first-order chi connectivity index (χ1) is 20.1. The van der Waals surface area contributed by atoms with E-state index in [0.717, 1.165) is 42.7 Å². The number of hydrogen-bond acceptors (Lipinski definition) is 2. The van der Waals surface area contributed by atoms with Gasteiger partial charge in [0.05, 0.1) is 0 Å². The SMILES string of the molecule is C=C/C(C(=C)C)=C1/C=CCCC1=C.CCc1cccc(CN/C(C)=C/C(=C\C(C)=C(/C)C=NC)c2ccccc2C)c1. The molecule has 0 fully saturated rings. The summed E-state index contributed by atoms with van der Waals surface area (Å²) in [5.41, 5.74) is 14.5. The van der Waals surface area contributed by atoms with E-state index in [2.05, 4.69) is 137 Å². The summed E-state index contributed by atoms with van der Waals surface area (Å²) in [6, 6.07) is 17.3. The summed E-state index contributed by atoms with van der Waals surface area (Å²) in [5.74, 6) is 0. The van der Waals surface area contributed by atoms with Crippen LogP contribution in [0.25, 0.3) is 5.57 Å². The molecular weight excluding hydrogens is 508 g/mol. The van der Waals surface area contributed by atoms with E-state index >= 15 is 0 Å². The highest BCUT2D eigenvalue weighted by atomic mass is 14.9. The van der Waals surface area contributed by atoms with E-state index in [9.17, 15) is 0 Å². The van der Waals surface area contributed by atoms with Crippen molar-refractivity contribution in [3.05, 3.63) is 160 Å². The molecule has 220 valence electrons. The second kappa shape index (κ2) is 17.6. The molecule has 0 amide bonds. The Kier molecular flexibility index (Phi) is 14.3. The van der Waals surface area contributed by atoms with E-state index in [1.54, 1.807) is 0 Å². The van der Waals surface area contributed by atoms with Gasteiger partial charge in [-0.05, 0) is 116 Å². The molecule has 2 aromatic rings. The predicted molar refractivity (Wildman–Crippen MR) is 188 cm³/mol. The maximum absolute atomic E-state index is 4.15. The van der Waals surface area contributed by atoms with Crippen LogP contribution in [0.3, 0.4) is 0 Å². The molecule has 2 heteroatoms. The van der Waals surface area contributed by atoms with Gasteiger partial charge >= 0.3 is 0 Å². The van der Waals surface area contributed by atoms with Crippen molar-refractivity contribution in [3.8, 4) is 0 Å². The zero-order valence-corrected chi connectivity index (χ0v) is 27.0. The standard InChI is InChI=1S/C27H34N2.C13H16/c1-7-24-12-10-13-25(17-24)19-29-23(5)16-26(15-21(3)22(4)18-28-6)27-14-9-8-11-20(27)2;1-5-12(10(2)3)13-9-7-6-8-11(13)4/h8-18,29H,7,19H2,1-6H3;5,7,9H,1-2,4,6,8H2,3H3/b22-21+,23-16+,26-15+,28-18?;13-12+. The lowest BCUT2D eigenvalue weighted by Gasteiger charge is -2.15. The molecule has 42 heavy (non-hydrogen) atoms. The van der Waals surface area contributed by atoms with Gasteiger partial charge in [0.2, 0.25) is 0 Å². The number of nitrogens with zero attached hydrogens (tertiary/aromatic N) is 1. The van der Waals surface area contributed by atoms with Crippen LogP contribution in [0.1, 0.15) is 69.7 Å². The van der Waals surface area contributed by atoms with Gasteiger partial charge in [-0.25, -0.2) is 0 Å². The molecule has 2 aromatic carbocycles. The number of aliphatic imine (C=N–C) groups is 1. The molecule has 0 radical (unpaired) electrons. The smallest absolute Gasteiger partial charge is 0.0397 e. The van der Waals surface area contributed by atoms with Crippen molar-refractivity contribution < 1.29 is 0 Å². The van der Waals surface area contributed by atoms with Crippen molar-refractivity contribution in [2.45, 2.75) is 67.3 Å². The third kappa shape index (κ3) is 10.7. The van der Waals surface area contributed by atoms with Crippen molar-refractivity contribution in [2.24, 2.45) is 4.99 Å². The first-order valence-electron chi connectivity index (χ1n) is 14.9. The molecule has 0 saturated carbocycles. The minimum absolute atomic E-state index is 0.827. The number of nitrogens with one attached hydrogen (secondary N) is 1. The Morgan fingerprint density at radius 2 is 1.69 bits per heavy atom. The Morgan fingerprint density at radius 3 is 2.31 bits per heavy atom. The molecule has 0 atom stereocenters. The largest absolute Gasteiger partial charge is 0.384 e. The minimum atomic E-state index is 0.827. The molecule has 1 aliphatic rings. The highest BCUT2D eigenvalue weighted by Crippen LogP contribution is 2.28. The Morgan fingerprint density at radius 1 is 0.976 bits per heavy atom. The van der Waals surface area contributed by atoms with E-state index in [1.165, 1.54) is 50.1 Å². The quantitative estimate of drug-likeness (QED) is 0.228. The fourth-order valence-electron chi connectivity index (χ4n) is 4.73. The molecule has 0 bridgehead atoms. The van der Waals surface area contributed by atoms with Gasteiger partial charge in [-0.1, -0.05) is 105 Å². The van der Waals surface area contributed by atoms with Gasteiger partial charge in [-0.15, -0.1) is 0 Å². The predicted octanol–water partition coefficient (Wildman–Crippen LogP) is 10.6. The minimum Gasteiger partial charge on any atom is -0.384 e. The highest BCUT2D eigenvalue weighted by Gasteiger charge is 2.09. The lowest BCUT2D eigenvalue weighted by molar-refractivity contribution is 0.810. The van der Waals surface area contributed by atoms with Crippen LogP contribution in [0.4, 0.5) is 0 Å². The van der Waals surface area contributed by atoms with E-state index in [1.807, 2.05) is 26.3 Å². The molecule has 0 aromatic heterocycles. The summed E-state index contributed by atoms with van der Waals surface area (Å²) in [6.07, 6.45) is 15.8. The van der Waals surface area contributed by atoms with Crippen LogP contribution in [0.15, 0.2) is 143 Å². The Balaban J connectivity index is 0.000000395. The summed E-state index contributed by atoms with van der Waals surface area (Å²) in [7, 11) is 1.81. The first-order valence-corrected chi connectivity index (χ1v) is 14.9. The van der Waals surface area contributed by atoms with Gasteiger partial charge in [0.1, 0.15) is 0 Å². The van der Waals surface area contributed by atoms with E-state index in [-0.39, 0.29) is 0 Å². The van der Waals surface area contributed by atoms with Crippen LogP contribution in [0.2, 0.25) is 0 Å². The summed E-state index contributed by atoms with van der Waals surface area (Å²) < 4.78 is 0. The third-order valence-electron chi connectivity index (χ3n) is 7.35. The second-order valence-electron chi connectivity index (χ2n) is 10.9. The van der Waals surface area contributed by atoms with Gasteiger partial charge in [-0.3, -0.25) is 4.99 Å². The molecule has 0 spiro atoms. The van der Waals surface area contributed by atoms with Crippen LogP contribution >= 0.6 is 0 Å².